The lowest BCUT2D eigenvalue weighted by Crippen LogP contribution is -2.15. The zero-order valence-corrected chi connectivity index (χ0v) is 15.1. The maximum absolute atomic E-state index is 13.9. The maximum atomic E-state index is 13.9. The number of para-hydroxylation sites is 1. The van der Waals surface area contributed by atoms with Crippen LogP contribution in [0, 0.1) is 12.7 Å². The highest BCUT2D eigenvalue weighted by Crippen LogP contribution is 2.32. The number of hydrogen-bond donors (Lipinski definition) is 1. The van der Waals surface area contributed by atoms with E-state index in [-0.39, 0.29) is 11.3 Å². The van der Waals surface area contributed by atoms with Gasteiger partial charge in [0.2, 0.25) is 0 Å². The molecule has 0 spiro atoms. The SMILES string of the molecule is CCc1ccc(Cl)c(CC)c1NC(=O)c1oc2c(F)cccc2c1C. The Balaban J connectivity index is 2.06. The fraction of sp³-hybridized carbons (Fsp3) is 0.250. The summed E-state index contributed by atoms with van der Waals surface area (Å²) in [5, 5.41) is 4.13. The van der Waals surface area contributed by atoms with Gasteiger partial charge in [0, 0.05) is 21.7 Å². The molecule has 0 radical (unpaired) electrons. The number of carbonyl (C=O) groups excluding carboxylic acids is 1. The molecule has 1 aromatic heterocycles. The molecule has 0 aliphatic heterocycles. The Bertz CT molecular complexity index is 962. The topological polar surface area (TPSA) is 42.2 Å². The number of hydrogen-bond acceptors (Lipinski definition) is 2. The third-order valence-electron chi connectivity index (χ3n) is 4.44. The molecule has 0 aliphatic carbocycles. The summed E-state index contributed by atoms with van der Waals surface area (Å²) in [7, 11) is 0. The van der Waals surface area contributed by atoms with Gasteiger partial charge in [-0.1, -0.05) is 43.6 Å². The molecule has 0 unspecified atom stereocenters. The van der Waals surface area contributed by atoms with Crippen molar-refractivity contribution in [3.05, 3.63) is 63.6 Å². The molecular weight excluding hydrogens is 341 g/mol. The van der Waals surface area contributed by atoms with Gasteiger partial charge in [0.15, 0.2) is 17.2 Å². The zero-order valence-electron chi connectivity index (χ0n) is 14.4. The minimum Gasteiger partial charge on any atom is -0.448 e. The summed E-state index contributed by atoms with van der Waals surface area (Å²) in [6, 6.07) is 8.40. The summed E-state index contributed by atoms with van der Waals surface area (Å²) in [5.74, 6) is -0.769. The van der Waals surface area contributed by atoms with Crippen molar-refractivity contribution in [1.29, 1.82) is 0 Å². The van der Waals surface area contributed by atoms with E-state index in [0.717, 1.165) is 17.5 Å². The molecule has 0 fully saturated rings. The second kappa shape index (κ2) is 6.89. The second-order valence-electron chi connectivity index (χ2n) is 5.89. The highest BCUT2D eigenvalue weighted by molar-refractivity contribution is 6.32. The Labute approximate surface area is 150 Å². The van der Waals surface area contributed by atoms with Crippen molar-refractivity contribution in [2.45, 2.75) is 33.6 Å². The van der Waals surface area contributed by atoms with E-state index < -0.39 is 11.7 Å². The molecule has 1 N–H and O–H groups in total. The average Bonchev–Trinajstić information content (AvgIpc) is 2.94. The van der Waals surface area contributed by atoms with Crippen LogP contribution in [0.25, 0.3) is 11.0 Å². The molecule has 1 amide bonds. The summed E-state index contributed by atoms with van der Waals surface area (Å²) in [4.78, 5) is 12.8. The predicted molar refractivity (Wildman–Crippen MR) is 99.1 cm³/mol. The summed E-state index contributed by atoms with van der Waals surface area (Å²) in [6.45, 7) is 5.75. The van der Waals surface area contributed by atoms with E-state index in [2.05, 4.69) is 5.32 Å². The van der Waals surface area contributed by atoms with Gasteiger partial charge in [-0.3, -0.25) is 4.79 Å². The van der Waals surface area contributed by atoms with E-state index in [4.69, 9.17) is 16.0 Å². The van der Waals surface area contributed by atoms with Crippen molar-refractivity contribution in [1.82, 2.24) is 0 Å². The summed E-state index contributed by atoms with van der Waals surface area (Å²) < 4.78 is 19.4. The number of rotatable bonds is 4. The number of aryl methyl sites for hydroxylation is 2. The van der Waals surface area contributed by atoms with E-state index in [1.165, 1.54) is 6.07 Å². The molecular formula is C20H19ClFNO2. The van der Waals surface area contributed by atoms with Crippen LogP contribution in [0.2, 0.25) is 5.02 Å². The first kappa shape index (κ1) is 17.5. The van der Waals surface area contributed by atoms with Crippen LogP contribution in [0.15, 0.2) is 34.7 Å². The summed E-state index contributed by atoms with van der Waals surface area (Å²) >= 11 is 6.28. The predicted octanol–water partition coefficient (Wildman–Crippen LogP) is 5.91. The number of benzene rings is 2. The van der Waals surface area contributed by atoms with Gasteiger partial charge in [-0.05, 0) is 43.0 Å². The number of anilines is 1. The molecule has 0 aliphatic rings. The van der Waals surface area contributed by atoms with Crippen molar-refractivity contribution in [3.63, 3.8) is 0 Å². The number of fused-ring (bicyclic) bond motifs is 1. The van der Waals surface area contributed by atoms with Crippen molar-refractivity contribution in [3.8, 4) is 0 Å². The van der Waals surface area contributed by atoms with Crippen LogP contribution >= 0.6 is 11.6 Å². The van der Waals surface area contributed by atoms with E-state index in [1.807, 2.05) is 26.0 Å². The summed E-state index contributed by atoms with van der Waals surface area (Å²) in [6.07, 6.45) is 1.45. The maximum Gasteiger partial charge on any atom is 0.291 e. The zero-order chi connectivity index (χ0) is 18.1. The molecule has 130 valence electrons. The minimum absolute atomic E-state index is 0.0997. The highest BCUT2D eigenvalue weighted by atomic mass is 35.5. The number of furan rings is 1. The molecule has 1 heterocycles. The number of carbonyl (C=O) groups is 1. The normalized spacial score (nSPS) is 11.1. The smallest absolute Gasteiger partial charge is 0.291 e. The van der Waals surface area contributed by atoms with Gasteiger partial charge in [0.25, 0.3) is 5.91 Å². The molecule has 0 atom stereocenters. The molecule has 0 saturated carbocycles. The Morgan fingerprint density at radius 3 is 2.60 bits per heavy atom. The Kier molecular flexibility index (Phi) is 4.82. The first-order valence-corrected chi connectivity index (χ1v) is 8.64. The number of amides is 1. The third-order valence-corrected chi connectivity index (χ3v) is 4.79. The van der Waals surface area contributed by atoms with Crippen LogP contribution < -0.4 is 5.32 Å². The van der Waals surface area contributed by atoms with Gasteiger partial charge < -0.3 is 9.73 Å². The Hall–Kier alpha value is -2.33. The van der Waals surface area contributed by atoms with Gasteiger partial charge in [0.05, 0.1) is 0 Å². The Morgan fingerprint density at radius 2 is 1.96 bits per heavy atom. The van der Waals surface area contributed by atoms with Crippen LogP contribution in [0.1, 0.15) is 41.1 Å². The fourth-order valence-corrected chi connectivity index (χ4v) is 3.35. The van der Waals surface area contributed by atoms with Gasteiger partial charge >= 0.3 is 0 Å². The quantitative estimate of drug-likeness (QED) is 0.629. The van der Waals surface area contributed by atoms with Crippen LogP contribution in [0.3, 0.4) is 0 Å². The highest BCUT2D eigenvalue weighted by Gasteiger charge is 2.21. The minimum atomic E-state index is -0.481. The lowest BCUT2D eigenvalue weighted by atomic mass is 10.0. The van der Waals surface area contributed by atoms with Gasteiger partial charge in [-0.2, -0.15) is 0 Å². The number of nitrogens with one attached hydrogen (secondary N) is 1. The van der Waals surface area contributed by atoms with Gasteiger partial charge in [-0.15, -0.1) is 0 Å². The van der Waals surface area contributed by atoms with E-state index in [9.17, 15) is 9.18 Å². The summed E-state index contributed by atoms with van der Waals surface area (Å²) in [5.41, 5.74) is 3.31. The van der Waals surface area contributed by atoms with E-state index in [1.54, 1.807) is 19.1 Å². The molecule has 5 heteroatoms. The Morgan fingerprint density at radius 1 is 1.20 bits per heavy atom. The molecule has 3 nitrogen and oxygen atoms in total. The van der Waals surface area contributed by atoms with Crippen LogP contribution in [-0.2, 0) is 12.8 Å². The van der Waals surface area contributed by atoms with Crippen LogP contribution in [0.4, 0.5) is 10.1 Å². The molecule has 3 aromatic rings. The fourth-order valence-electron chi connectivity index (χ4n) is 3.06. The monoisotopic (exact) mass is 359 g/mol. The van der Waals surface area contributed by atoms with E-state index >= 15 is 0 Å². The molecule has 0 bridgehead atoms. The molecule has 3 rings (SSSR count). The van der Waals surface area contributed by atoms with Crippen LogP contribution in [0.5, 0.6) is 0 Å². The standard InChI is InChI=1S/C20H19ClFNO2/c1-4-12-9-10-15(21)13(5-2)17(12)23-20(24)18-11(3)14-7-6-8-16(22)19(14)25-18/h6-10H,4-5H2,1-3H3,(H,23,24). The first-order chi connectivity index (χ1) is 12.0. The largest absolute Gasteiger partial charge is 0.448 e. The molecule has 0 saturated heterocycles. The van der Waals surface area contributed by atoms with Crippen molar-refractivity contribution in [2.24, 2.45) is 0 Å². The van der Waals surface area contributed by atoms with Crippen molar-refractivity contribution in [2.75, 3.05) is 5.32 Å². The van der Waals surface area contributed by atoms with Gasteiger partial charge in [0.1, 0.15) is 0 Å². The third kappa shape index (κ3) is 3.02. The van der Waals surface area contributed by atoms with Crippen molar-refractivity contribution < 1.29 is 13.6 Å². The average molecular weight is 360 g/mol. The second-order valence-corrected chi connectivity index (χ2v) is 6.30. The lowest BCUT2D eigenvalue weighted by Gasteiger charge is -2.15. The van der Waals surface area contributed by atoms with E-state index in [0.29, 0.717) is 28.1 Å². The van der Waals surface area contributed by atoms with Crippen molar-refractivity contribution >= 4 is 34.2 Å². The first-order valence-electron chi connectivity index (χ1n) is 8.27. The van der Waals surface area contributed by atoms with Crippen LogP contribution in [-0.4, -0.2) is 5.91 Å². The molecule has 2 aromatic carbocycles. The van der Waals surface area contributed by atoms with Gasteiger partial charge in [-0.25, -0.2) is 4.39 Å². The molecule has 25 heavy (non-hydrogen) atoms. The number of halogens is 2. The lowest BCUT2D eigenvalue weighted by molar-refractivity contribution is 0.0997.